The highest BCUT2D eigenvalue weighted by molar-refractivity contribution is 6.34. The molecule has 1 heterocycles. The van der Waals surface area contributed by atoms with E-state index in [0.29, 0.717) is 17.2 Å². The third-order valence-corrected chi connectivity index (χ3v) is 3.92. The van der Waals surface area contributed by atoms with Crippen LogP contribution in [0.4, 0.5) is 5.69 Å². The summed E-state index contributed by atoms with van der Waals surface area (Å²) in [7, 11) is 0. The van der Waals surface area contributed by atoms with Crippen molar-refractivity contribution >= 4 is 23.1 Å². The average molecular weight is 298 g/mol. The second-order valence-corrected chi connectivity index (χ2v) is 5.38. The molecule has 110 valence electrons. The van der Waals surface area contributed by atoms with Crippen LogP contribution in [0.3, 0.4) is 0 Å². The predicted molar refractivity (Wildman–Crippen MR) is 80.8 cm³/mol. The van der Waals surface area contributed by atoms with Crippen molar-refractivity contribution in [2.45, 2.75) is 32.4 Å². The Kier molecular flexibility index (Phi) is 4.73. The number of amidine groups is 1. The minimum atomic E-state index is 0.0274. The number of hydrogen-bond acceptors (Lipinski definition) is 4. The quantitative estimate of drug-likeness (QED) is 0.389. The molecule has 1 saturated heterocycles. The van der Waals surface area contributed by atoms with Crippen molar-refractivity contribution in [1.82, 2.24) is 0 Å². The van der Waals surface area contributed by atoms with Gasteiger partial charge in [0.25, 0.3) is 0 Å². The Bertz CT molecular complexity index is 507. The van der Waals surface area contributed by atoms with Crippen LogP contribution >= 0.6 is 11.6 Å². The van der Waals surface area contributed by atoms with E-state index in [1.807, 2.05) is 19.1 Å². The lowest BCUT2D eigenvalue weighted by molar-refractivity contribution is 0.0299. The van der Waals surface area contributed by atoms with Gasteiger partial charge in [-0.25, -0.2) is 0 Å². The second kappa shape index (κ2) is 6.33. The van der Waals surface area contributed by atoms with Crippen molar-refractivity contribution in [3.63, 3.8) is 0 Å². The van der Waals surface area contributed by atoms with Crippen LogP contribution in [0.2, 0.25) is 5.02 Å². The van der Waals surface area contributed by atoms with Crippen molar-refractivity contribution in [2.24, 2.45) is 10.9 Å². The summed E-state index contributed by atoms with van der Waals surface area (Å²) in [6, 6.07) is 5.82. The molecule has 0 bridgehead atoms. The van der Waals surface area contributed by atoms with Crippen LogP contribution in [0.5, 0.6) is 0 Å². The zero-order valence-electron chi connectivity index (χ0n) is 11.7. The van der Waals surface area contributed by atoms with Crippen LogP contribution in [0.1, 0.15) is 25.8 Å². The lowest BCUT2D eigenvalue weighted by Gasteiger charge is -2.40. The molecule has 1 aliphatic rings. The molecule has 5 nitrogen and oxygen atoms in total. The van der Waals surface area contributed by atoms with Gasteiger partial charge in [-0.2, -0.15) is 0 Å². The molecule has 2 unspecified atom stereocenters. The van der Waals surface area contributed by atoms with Gasteiger partial charge in [0.15, 0.2) is 5.84 Å². The number of rotatable bonds is 3. The van der Waals surface area contributed by atoms with Gasteiger partial charge in [-0.15, -0.1) is 0 Å². The summed E-state index contributed by atoms with van der Waals surface area (Å²) in [4.78, 5) is 2.23. The Hall–Kier alpha value is -1.46. The van der Waals surface area contributed by atoms with Gasteiger partial charge in [0.05, 0.1) is 29.3 Å². The minimum absolute atomic E-state index is 0.0274. The molecule has 1 aromatic rings. The van der Waals surface area contributed by atoms with Gasteiger partial charge in [-0.05, 0) is 25.5 Å². The highest BCUT2D eigenvalue weighted by Crippen LogP contribution is 2.31. The number of anilines is 1. The molecule has 6 heteroatoms. The van der Waals surface area contributed by atoms with Gasteiger partial charge in [0.1, 0.15) is 0 Å². The zero-order chi connectivity index (χ0) is 14.7. The van der Waals surface area contributed by atoms with Gasteiger partial charge >= 0.3 is 0 Å². The number of hydrogen-bond donors (Lipinski definition) is 2. The molecule has 2 rings (SSSR count). The summed E-state index contributed by atoms with van der Waals surface area (Å²) in [6.45, 7) is 5.57. The summed E-state index contributed by atoms with van der Waals surface area (Å²) in [5, 5.41) is 12.5. The average Bonchev–Trinajstić information content (AvgIpc) is 2.46. The first-order valence-electron chi connectivity index (χ1n) is 6.73. The third kappa shape index (κ3) is 2.83. The highest BCUT2D eigenvalue weighted by Gasteiger charge is 2.28. The normalized spacial score (nSPS) is 23.9. The molecule has 0 amide bonds. The third-order valence-electron chi connectivity index (χ3n) is 3.60. The Balaban J connectivity index is 2.47. The van der Waals surface area contributed by atoms with E-state index in [-0.39, 0.29) is 18.0 Å². The van der Waals surface area contributed by atoms with Crippen LogP contribution in [0.25, 0.3) is 0 Å². The fourth-order valence-electron chi connectivity index (χ4n) is 2.53. The van der Waals surface area contributed by atoms with Crippen molar-refractivity contribution in [1.29, 1.82) is 0 Å². The molecular weight excluding hydrogens is 278 g/mol. The first-order valence-corrected chi connectivity index (χ1v) is 7.10. The Morgan fingerprint density at radius 3 is 3.00 bits per heavy atom. The molecular formula is C14H20ClN3O2. The number of morpholine rings is 1. The number of benzene rings is 1. The van der Waals surface area contributed by atoms with Crippen molar-refractivity contribution in [3.8, 4) is 0 Å². The molecule has 0 radical (unpaired) electrons. The number of ether oxygens (including phenoxy) is 1. The smallest absolute Gasteiger partial charge is 0.173 e. The van der Waals surface area contributed by atoms with Crippen LogP contribution in [0, 0.1) is 0 Å². The van der Waals surface area contributed by atoms with Crippen molar-refractivity contribution < 1.29 is 9.94 Å². The maximum atomic E-state index is 8.97. The summed E-state index contributed by atoms with van der Waals surface area (Å²) < 4.78 is 5.70. The molecule has 2 atom stereocenters. The van der Waals surface area contributed by atoms with Gasteiger partial charge in [0, 0.05) is 12.2 Å². The van der Waals surface area contributed by atoms with Crippen molar-refractivity contribution in [3.05, 3.63) is 28.8 Å². The lowest BCUT2D eigenvalue weighted by Crippen LogP contribution is -2.49. The predicted octanol–water partition coefficient (Wildman–Crippen LogP) is 2.44. The molecule has 1 aromatic carbocycles. The van der Waals surface area contributed by atoms with E-state index in [9.17, 15) is 0 Å². The largest absolute Gasteiger partial charge is 0.409 e. The zero-order valence-corrected chi connectivity index (χ0v) is 12.5. The molecule has 0 spiro atoms. The van der Waals surface area contributed by atoms with E-state index in [1.54, 1.807) is 6.07 Å². The molecule has 0 aromatic heterocycles. The fourth-order valence-corrected chi connectivity index (χ4v) is 2.80. The number of halogens is 1. The number of nitrogens with two attached hydrogens (primary N) is 1. The first-order chi connectivity index (χ1) is 9.58. The van der Waals surface area contributed by atoms with Crippen LogP contribution in [-0.2, 0) is 4.74 Å². The van der Waals surface area contributed by atoms with E-state index in [4.69, 9.17) is 27.3 Å². The molecule has 0 saturated carbocycles. The monoisotopic (exact) mass is 297 g/mol. The lowest BCUT2D eigenvalue weighted by atomic mass is 10.1. The van der Waals surface area contributed by atoms with E-state index in [0.717, 1.165) is 18.7 Å². The maximum absolute atomic E-state index is 8.97. The highest BCUT2D eigenvalue weighted by atomic mass is 35.5. The number of oxime groups is 1. The van der Waals surface area contributed by atoms with Gasteiger partial charge in [-0.1, -0.05) is 29.7 Å². The van der Waals surface area contributed by atoms with Crippen LogP contribution in [0.15, 0.2) is 23.4 Å². The van der Waals surface area contributed by atoms with Crippen LogP contribution in [-0.4, -0.2) is 36.3 Å². The molecule has 20 heavy (non-hydrogen) atoms. The summed E-state index contributed by atoms with van der Waals surface area (Å²) in [6.07, 6.45) is 1.09. The first kappa shape index (κ1) is 14.9. The summed E-state index contributed by atoms with van der Waals surface area (Å²) in [5.74, 6) is 0.0274. The summed E-state index contributed by atoms with van der Waals surface area (Å²) in [5.41, 5.74) is 7.24. The van der Waals surface area contributed by atoms with E-state index in [2.05, 4.69) is 17.0 Å². The van der Waals surface area contributed by atoms with Crippen molar-refractivity contribution in [2.75, 3.05) is 18.1 Å². The second-order valence-electron chi connectivity index (χ2n) is 4.98. The molecule has 3 N–H and O–H groups in total. The van der Waals surface area contributed by atoms with E-state index in [1.165, 1.54) is 0 Å². The van der Waals surface area contributed by atoms with Crippen LogP contribution < -0.4 is 10.6 Å². The van der Waals surface area contributed by atoms with E-state index < -0.39 is 0 Å². The van der Waals surface area contributed by atoms with Gasteiger partial charge in [-0.3, -0.25) is 0 Å². The molecule has 1 fully saturated rings. The summed E-state index contributed by atoms with van der Waals surface area (Å²) >= 11 is 6.22. The standard InChI is InChI=1S/C14H20ClN3O2/c1-3-10-8-20-9(2)7-18(10)12-6-4-5-11(15)13(12)14(16)17-19/h4-6,9-10,19H,3,7-8H2,1-2H3,(H2,16,17). The minimum Gasteiger partial charge on any atom is -0.409 e. The molecule has 1 aliphatic heterocycles. The van der Waals surface area contributed by atoms with Gasteiger partial charge in [0.2, 0.25) is 0 Å². The Morgan fingerprint density at radius 1 is 1.60 bits per heavy atom. The van der Waals surface area contributed by atoms with Gasteiger partial charge < -0.3 is 20.6 Å². The number of nitrogens with zero attached hydrogens (tertiary/aromatic N) is 2. The maximum Gasteiger partial charge on any atom is 0.173 e. The Labute approximate surface area is 124 Å². The Morgan fingerprint density at radius 2 is 2.35 bits per heavy atom. The SMILES string of the molecule is CCC1COC(C)CN1c1cccc(Cl)c1C(N)=NO. The topological polar surface area (TPSA) is 71.1 Å². The fraction of sp³-hybridized carbons (Fsp3) is 0.500. The molecule has 0 aliphatic carbocycles. The van der Waals surface area contributed by atoms with E-state index >= 15 is 0 Å².